The Bertz CT molecular complexity index is 731. The molecule has 0 spiro atoms. The molecule has 122 valence electrons. The van der Waals surface area contributed by atoms with E-state index in [1.807, 2.05) is 12.1 Å². The number of ketones is 1. The van der Waals surface area contributed by atoms with Gasteiger partial charge in [0.15, 0.2) is 17.3 Å². The maximum absolute atomic E-state index is 11.7. The van der Waals surface area contributed by atoms with Crippen LogP contribution in [0, 0.1) is 0 Å². The molecule has 0 N–H and O–H groups in total. The molecular weight excluding hydrogens is 384 g/mol. The van der Waals surface area contributed by atoms with Crippen LogP contribution in [0.25, 0.3) is 0 Å². The summed E-state index contributed by atoms with van der Waals surface area (Å²) in [4.78, 5) is 11.7. The van der Waals surface area contributed by atoms with E-state index < -0.39 is 0 Å². The van der Waals surface area contributed by atoms with Gasteiger partial charge in [-0.3, -0.25) is 4.79 Å². The molecule has 2 aromatic rings. The van der Waals surface area contributed by atoms with Crippen molar-refractivity contribution in [3.8, 4) is 17.2 Å². The number of methoxy groups -OCH3 is 2. The van der Waals surface area contributed by atoms with Gasteiger partial charge in [-0.15, -0.1) is 0 Å². The van der Waals surface area contributed by atoms with E-state index in [2.05, 4.69) is 15.9 Å². The minimum Gasteiger partial charge on any atom is -0.493 e. The molecule has 0 atom stereocenters. The monoisotopic (exact) mass is 398 g/mol. The van der Waals surface area contributed by atoms with Crippen LogP contribution in [0.15, 0.2) is 34.8 Å². The number of ether oxygens (including phenoxy) is 3. The first kappa shape index (κ1) is 17.6. The van der Waals surface area contributed by atoms with Crippen molar-refractivity contribution in [1.82, 2.24) is 0 Å². The van der Waals surface area contributed by atoms with E-state index in [0.717, 1.165) is 10.0 Å². The second-order valence-corrected chi connectivity index (χ2v) is 6.07. The summed E-state index contributed by atoms with van der Waals surface area (Å²) in [7, 11) is 3.15. The number of carbonyl (C=O) groups excluding carboxylic acids is 1. The second kappa shape index (κ2) is 7.70. The molecule has 2 aromatic carbocycles. The molecule has 0 aliphatic carbocycles. The number of carbonyl (C=O) groups is 1. The highest BCUT2D eigenvalue weighted by Crippen LogP contribution is 2.34. The molecule has 0 aliphatic heterocycles. The van der Waals surface area contributed by atoms with Crippen LogP contribution in [-0.4, -0.2) is 20.0 Å². The van der Waals surface area contributed by atoms with Crippen LogP contribution in [0.4, 0.5) is 0 Å². The maximum Gasteiger partial charge on any atom is 0.163 e. The van der Waals surface area contributed by atoms with E-state index in [0.29, 0.717) is 27.8 Å². The fourth-order valence-electron chi connectivity index (χ4n) is 2.07. The highest BCUT2D eigenvalue weighted by atomic mass is 79.9. The van der Waals surface area contributed by atoms with Gasteiger partial charge in [0.2, 0.25) is 0 Å². The lowest BCUT2D eigenvalue weighted by atomic mass is 10.1. The highest BCUT2D eigenvalue weighted by molar-refractivity contribution is 9.10. The van der Waals surface area contributed by atoms with Crippen LogP contribution in [0.3, 0.4) is 0 Å². The van der Waals surface area contributed by atoms with Crippen LogP contribution in [0.2, 0.25) is 5.02 Å². The Morgan fingerprint density at radius 3 is 2.35 bits per heavy atom. The first-order chi connectivity index (χ1) is 11.0. The lowest BCUT2D eigenvalue weighted by Crippen LogP contribution is -2.03. The first-order valence-electron chi connectivity index (χ1n) is 6.80. The molecule has 0 saturated heterocycles. The van der Waals surface area contributed by atoms with Gasteiger partial charge in [-0.05, 0) is 37.3 Å². The van der Waals surface area contributed by atoms with Gasteiger partial charge in [0.25, 0.3) is 0 Å². The summed E-state index contributed by atoms with van der Waals surface area (Å²) < 4.78 is 17.1. The smallest absolute Gasteiger partial charge is 0.163 e. The maximum atomic E-state index is 11.7. The van der Waals surface area contributed by atoms with Crippen molar-refractivity contribution in [1.29, 1.82) is 0 Å². The predicted molar refractivity (Wildman–Crippen MR) is 93.0 cm³/mol. The number of hydrogen-bond donors (Lipinski definition) is 0. The second-order valence-electron chi connectivity index (χ2n) is 4.78. The lowest BCUT2D eigenvalue weighted by Gasteiger charge is -2.14. The van der Waals surface area contributed by atoms with Crippen LogP contribution in [0.1, 0.15) is 22.8 Å². The Balaban J connectivity index is 2.26. The van der Waals surface area contributed by atoms with Crippen molar-refractivity contribution in [2.45, 2.75) is 13.5 Å². The first-order valence-corrected chi connectivity index (χ1v) is 7.97. The van der Waals surface area contributed by atoms with E-state index in [-0.39, 0.29) is 12.4 Å². The zero-order chi connectivity index (χ0) is 17.0. The standard InChI is InChI=1S/C17H16BrClO4/c1-10(20)13-7-12(19)4-5-15(13)23-9-11-6-16(21-2)17(22-3)8-14(11)18/h4-8H,9H2,1-3H3. The van der Waals surface area contributed by atoms with Crippen molar-refractivity contribution in [2.75, 3.05) is 14.2 Å². The Labute approximate surface area is 148 Å². The van der Waals surface area contributed by atoms with Crippen molar-refractivity contribution < 1.29 is 19.0 Å². The molecule has 4 nitrogen and oxygen atoms in total. The fourth-order valence-corrected chi connectivity index (χ4v) is 2.67. The Hall–Kier alpha value is -1.72. The van der Waals surface area contributed by atoms with Gasteiger partial charge in [-0.25, -0.2) is 0 Å². The van der Waals surface area contributed by atoms with Crippen LogP contribution >= 0.6 is 27.5 Å². The van der Waals surface area contributed by atoms with Crippen molar-refractivity contribution >= 4 is 33.3 Å². The molecule has 0 saturated carbocycles. The lowest BCUT2D eigenvalue weighted by molar-refractivity contribution is 0.101. The molecule has 0 aromatic heterocycles. The summed E-state index contributed by atoms with van der Waals surface area (Å²) in [5, 5.41) is 0.495. The van der Waals surface area contributed by atoms with Gasteiger partial charge in [0, 0.05) is 15.1 Å². The molecule has 6 heteroatoms. The predicted octanol–water partition coefficient (Wildman–Crippen LogP) is 4.90. The molecule has 0 bridgehead atoms. The SMILES string of the molecule is COc1cc(Br)c(COc2ccc(Cl)cc2C(C)=O)cc1OC. The minimum atomic E-state index is -0.103. The van der Waals surface area contributed by atoms with E-state index in [1.54, 1.807) is 32.4 Å². The van der Waals surface area contributed by atoms with Crippen LogP contribution in [0.5, 0.6) is 17.2 Å². The van der Waals surface area contributed by atoms with Gasteiger partial charge in [0.05, 0.1) is 19.8 Å². The minimum absolute atomic E-state index is 0.103. The van der Waals surface area contributed by atoms with Crippen molar-refractivity contribution in [3.63, 3.8) is 0 Å². The Morgan fingerprint density at radius 1 is 1.09 bits per heavy atom. The average Bonchev–Trinajstić information content (AvgIpc) is 2.54. The largest absolute Gasteiger partial charge is 0.493 e. The summed E-state index contributed by atoms with van der Waals surface area (Å²) >= 11 is 9.41. The van der Waals surface area contributed by atoms with Gasteiger partial charge in [-0.1, -0.05) is 27.5 Å². The normalized spacial score (nSPS) is 10.3. The molecule has 0 aliphatic rings. The molecule has 0 amide bonds. The molecule has 0 fully saturated rings. The van der Waals surface area contributed by atoms with Crippen LogP contribution < -0.4 is 14.2 Å². The Kier molecular flexibility index (Phi) is 5.91. The Morgan fingerprint density at radius 2 is 1.74 bits per heavy atom. The van der Waals surface area contributed by atoms with Gasteiger partial charge in [0.1, 0.15) is 12.4 Å². The molecule has 23 heavy (non-hydrogen) atoms. The number of benzene rings is 2. The molecule has 0 radical (unpaired) electrons. The van der Waals surface area contributed by atoms with E-state index in [1.165, 1.54) is 6.92 Å². The molecule has 0 heterocycles. The number of Topliss-reactive ketones (excluding diaryl/α,β-unsaturated/α-hetero) is 1. The summed E-state index contributed by atoms with van der Waals surface area (Å²) in [5.74, 6) is 1.62. The van der Waals surface area contributed by atoms with E-state index in [4.69, 9.17) is 25.8 Å². The molecule has 2 rings (SSSR count). The van der Waals surface area contributed by atoms with E-state index in [9.17, 15) is 4.79 Å². The average molecular weight is 400 g/mol. The topological polar surface area (TPSA) is 44.8 Å². The zero-order valence-electron chi connectivity index (χ0n) is 13.0. The third-order valence-electron chi connectivity index (χ3n) is 3.26. The van der Waals surface area contributed by atoms with Gasteiger partial charge < -0.3 is 14.2 Å². The van der Waals surface area contributed by atoms with Crippen molar-refractivity contribution in [3.05, 3.63) is 51.0 Å². The fraction of sp³-hybridized carbons (Fsp3) is 0.235. The highest BCUT2D eigenvalue weighted by Gasteiger charge is 2.13. The number of hydrogen-bond acceptors (Lipinski definition) is 4. The van der Waals surface area contributed by atoms with Gasteiger partial charge in [-0.2, -0.15) is 0 Å². The number of rotatable bonds is 6. The van der Waals surface area contributed by atoms with Gasteiger partial charge >= 0.3 is 0 Å². The van der Waals surface area contributed by atoms with Crippen molar-refractivity contribution in [2.24, 2.45) is 0 Å². The summed E-state index contributed by atoms with van der Waals surface area (Å²) in [5.41, 5.74) is 1.32. The third kappa shape index (κ3) is 4.18. The summed E-state index contributed by atoms with van der Waals surface area (Å²) in [6, 6.07) is 8.61. The third-order valence-corrected chi connectivity index (χ3v) is 4.23. The summed E-state index contributed by atoms with van der Waals surface area (Å²) in [6.45, 7) is 1.74. The zero-order valence-corrected chi connectivity index (χ0v) is 15.3. The quantitative estimate of drug-likeness (QED) is 0.648. The summed E-state index contributed by atoms with van der Waals surface area (Å²) in [6.07, 6.45) is 0. The molecular formula is C17H16BrClO4. The van der Waals surface area contributed by atoms with E-state index >= 15 is 0 Å². The number of halogens is 2. The molecule has 0 unspecified atom stereocenters. The van der Waals surface area contributed by atoms with Crippen LogP contribution in [-0.2, 0) is 6.61 Å².